The van der Waals surface area contributed by atoms with E-state index in [2.05, 4.69) is 5.32 Å². The third-order valence-electron chi connectivity index (χ3n) is 3.35. The van der Waals surface area contributed by atoms with E-state index in [4.69, 9.17) is 15.2 Å². The van der Waals surface area contributed by atoms with Gasteiger partial charge >= 0.3 is 0 Å². The first-order valence-electron chi connectivity index (χ1n) is 7.53. The summed E-state index contributed by atoms with van der Waals surface area (Å²) in [6.07, 6.45) is 0.768. The lowest BCUT2D eigenvalue weighted by molar-refractivity contribution is 0.0954. The molecule has 0 unspecified atom stereocenters. The molecule has 0 saturated carbocycles. The fraction of sp³-hybridized carbons (Fsp3) is 0.278. The predicted molar refractivity (Wildman–Crippen MR) is 98.0 cm³/mol. The molecule has 0 aliphatic rings. The van der Waals surface area contributed by atoms with Gasteiger partial charge in [-0.05, 0) is 48.4 Å². The molecular formula is C18H23ClN2O3. The number of carbonyl (C=O) groups is 1. The number of rotatable bonds is 8. The number of methoxy groups -OCH3 is 1. The summed E-state index contributed by atoms with van der Waals surface area (Å²) in [6.45, 7) is 1.60. The third-order valence-corrected chi connectivity index (χ3v) is 3.35. The fourth-order valence-corrected chi connectivity index (χ4v) is 2.05. The normalized spacial score (nSPS) is 9.88. The average Bonchev–Trinajstić information content (AvgIpc) is 2.57. The van der Waals surface area contributed by atoms with E-state index in [0.717, 1.165) is 23.4 Å². The van der Waals surface area contributed by atoms with Crippen LogP contribution < -0.4 is 15.8 Å². The van der Waals surface area contributed by atoms with Gasteiger partial charge in [0.25, 0.3) is 5.91 Å². The average molecular weight is 351 g/mol. The maximum Gasteiger partial charge on any atom is 0.251 e. The van der Waals surface area contributed by atoms with Crippen molar-refractivity contribution in [1.29, 1.82) is 0 Å². The topological polar surface area (TPSA) is 73.6 Å². The van der Waals surface area contributed by atoms with E-state index < -0.39 is 0 Å². The van der Waals surface area contributed by atoms with Crippen LogP contribution in [0.25, 0.3) is 0 Å². The zero-order valence-electron chi connectivity index (χ0n) is 13.7. The number of nitrogens with one attached hydrogen (secondary N) is 1. The molecule has 3 N–H and O–H groups in total. The van der Waals surface area contributed by atoms with Crippen LogP contribution in [0.5, 0.6) is 5.75 Å². The first kappa shape index (κ1) is 19.8. The van der Waals surface area contributed by atoms with Crippen LogP contribution in [0.2, 0.25) is 0 Å². The summed E-state index contributed by atoms with van der Waals surface area (Å²) in [7, 11) is 1.63. The Morgan fingerprint density at radius 2 is 1.71 bits per heavy atom. The van der Waals surface area contributed by atoms with Crippen molar-refractivity contribution in [2.45, 2.75) is 6.42 Å². The number of halogens is 1. The molecule has 24 heavy (non-hydrogen) atoms. The Balaban J connectivity index is 0.00000288. The molecule has 0 bridgehead atoms. The molecule has 0 fully saturated rings. The first-order valence-corrected chi connectivity index (χ1v) is 7.53. The van der Waals surface area contributed by atoms with Crippen molar-refractivity contribution < 1.29 is 14.3 Å². The van der Waals surface area contributed by atoms with Crippen molar-refractivity contribution in [3.05, 3.63) is 59.7 Å². The molecule has 2 aromatic carbocycles. The summed E-state index contributed by atoms with van der Waals surface area (Å²) < 4.78 is 10.4. The second-order valence-corrected chi connectivity index (χ2v) is 5.11. The van der Waals surface area contributed by atoms with E-state index in [1.54, 1.807) is 31.4 Å². The minimum absolute atomic E-state index is 0. The van der Waals surface area contributed by atoms with Crippen molar-refractivity contribution in [2.75, 3.05) is 32.6 Å². The monoisotopic (exact) mass is 350 g/mol. The lowest BCUT2D eigenvalue weighted by Gasteiger charge is -2.08. The molecule has 2 rings (SSSR count). The molecule has 0 spiro atoms. The van der Waals surface area contributed by atoms with Crippen LogP contribution in [0.3, 0.4) is 0 Å². The Hall–Kier alpha value is -2.24. The lowest BCUT2D eigenvalue weighted by Crippen LogP contribution is -2.25. The van der Waals surface area contributed by atoms with Gasteiger partial charge < -0.3 is 20.5 Å². The Bertz CT molecular complexity index is 615. The molecule has 1 amide bonds. The summed E-state index contributed by atoms with van der Waals surface area (Å²) in [5, 5.41) is 2.90. The van der Waals surface area contributed by atoms with Gasteiger partial charge in [0, 0.05) is 24.9 Å². The van der Waals surface area contributed by atoms with Crippen LogP contribution in [-0.2, 0) is 11.2 Å². The molecule has 0 saturated heterocycles. The second kappa shape index (κ2) is 10.5. The SMILES string of the molecule is COCCOc1ccc(C(=O)NCCc2ccc(N)cc2)cc1.Cl. The number of amides is 1. The van der Waals surface area contributed by atoms with Crippen LogP contribution in [0, 0.1) is 0 Å². The molecule has 130 valence electrons. The number of nitrogen functional groups attached to an aromatic ring is 1. The Morgan fingerprint density at radius 3 is 2.33 bits per heavy atom. The highest BCUT2D eigenvalue weighted by molar-refractivity contribution is 5.94. The summed E-state index contributed by atoms with van der Waals surface area (Å²) >= 11 is 0. The highest BCUT2D eigenvalue weighted by atomic mass is 35.5. The molecule has 0 aliphatic heterocycles. The largest absolute Gasteiger partial charge is 0.491 e. The molecule has 0 radical (unpaired) electrons. The van der Waals surface area contributed by atoms with Gasteiger partial charge in [0.2, 0.25) is 0 Å². The van der Waals surface area contributed by atoms with Gasteiger partial charge in [-0.3, -0.25) is 4.79 Å². The zero-order valence-corrected chi connectivity index (χ0v) is 14.5. The Morgan fingerprint density at radius 1 is 1.04 bits per heavy atom. The number of carbonyl (C=O) groups excluding carboxylic acids is 1. The van der Waals surface area contributed by atoms with Crippen LogP contribution in [-0.4, -0.2) is 32.8 Å². The number of ether oxygens (including phenoxy) is 2. The second-order valence-electron chi connectivity index (χ2n) is 5.11. The van der Waals surface area contributed by atoms with Crippen LogP contribution in [0.15, 0.2) is 48.5 Å². The number of anilines is 1. The maximum absolute atomic E-state index is 12.1. The van der Waals surface area contributed by atoms with Crippen molar-refractivity contribution in [3.8, 4) is 5.75 Å². The van der Waals surface area contributed by atoms with Crippen molar-refractivity contribution in [3.63, 3.8) is 0 Å². The molecular weight excluding hydrogens is 328 g/mol. The molecule has 0 atom stereocenters. The van der Waals surface area contributed by atoms with Crippen molar-refractivity contribution in [2.24, 2.45) is 0 Å². The van der Waals surface area contributed by atoms with E-state index in [0.29, 0.717) is 25.3 Å². The van der Waals surface area contributed by atoms with Gasteiger partial charge in [-0.15, -0.1) is 12.4 Å². The van der Waals surface area contributed by atoms with E-state index in [1.807, 2.05) is 24.3 Å². The van der Waals surface area contributed by atoms with E-state index in [1.165, 1.54) is 0 Å². The number of benzene rings is 2. The minimum Gasteiger partial charge on any atom is -0.491 e. The van der Waals surface area contributed by atoms with Crippen LogP contribution in [0.1, 0.15) is 15.9 Å². The summed E-state index contributed by atoms with van der Waals surface area (Å²) in [4.78, 5) is 12.1. The lowest BCUT2D eigenvalue weighted by atomic mass is 10.1. The molecule has 6 heteroatoms. The number of hydrogen-bond acceptors (Lipinski definition) is 4. The highest BCUT2D eigenvalue weighted by Crippen LogP contribution is 2.12. The summed E-state index contributed by atoms with van der Waals surface area (Å²) in [5.41, 5.74) is 8.14. The molecule has 5 nitrogen and oxygen atoms in total. The molecule has 0 aromatic heterocycles. The number of hydrogen-bond donors (Lipinski definition) is 2. The third kappa shape index (κ3) is 6.48. The maximum atomic E-state index is 12.1. The van der Waals surface area contributed by atoms with Crippen LogP contribution >= 0.6 is 12.4 Å². The molecule has 2 aromatic rings. The molecule has 0 aliphatic carbocycles. The van der Waals surface area contributed by atoms with Crippen LogP contribution in [0.4, 0.5) is 5.69 Å². The Kier molecular flexibility index (Phi) is 8.68. The minimum atomic E-state index is -0.0936. The fourth-order valence-electron chi connectivity index (χ4n) is 2.05. The summed E-state index contributed by atoms with van der Waals surface area (Å²) in [6, 6.07) is 14.7. The smallest absolute Gasteiger partial charge is 0.251 e. The van der Waals surface area contributed by atoms with Gasteiger partial charge in [-0.1, -0.05) is 12.1 Å². The number of nitrogens with two attached hydrogens (primary N) is 1. The van der Waals surface area contributed by atoms with Crippen molar-refractivity contribution >= 4 is 24.0 Å². The summed E-state index contributed by atoms with van der Waals surface area (Å²) in [5.74, 6) is 0.629. The van der Waals surface area contributed by atoms with Gasteiger partial charge in [0.15, 0.2) is 0 Å². The zero-order chi connectivity index (χ0) is 16.5. The quantitative estimate of drug-likeness (QED) is 0.567. The van der Waals surface area contributed by atoms with Gasteiger partial charge in [-0.2, -0.15) is 0 Å². The highest BCUT2D eigenvalue weighted by Gasteiger charge is 2.05. The van der Waals surface area contributed by atoms with Gasteiger partial charge in [0.1, 0.15) is 12.4 Å². The molecule has 0 heterocycles. The Labute approximate surface area is 148 Å². The standard InChI is InChI=1S/C18H22N2O3.ClH/c1-22-12-13-23-17-8-4-15(5-9-17)18(21)20-11-10-14-2-6-16(19)7-3-14;/h2-9H,10-13,19H2,1H3,(H,20,21);1H. The van der Waals surface area contributed by atoms with E-state index >= 15 is 0 Å². The van der Waals surface area contributed by atoms with Gasteiger partial charge in [0.05, 0.1) is 6.61 Å². The van der Waals surface area contributed by atoms with Crippen molar-refractivity contribution in [1.82, 2.24) is 5.32 Å². The van der Waals surface area contributed by atoms with Gasteiger partial charge in [-0.25, -0.2) is 0 Å². The first-order chi connectivity index (χ1) is 11.2. The predicted octanol–water partition coefficient (Wildman–Crippen LogP) is 2.69. The van der Waals surface area contributed by atoms with E-state index in [-0.39, 0.29) is 18.3 Å². The van der Waals surface area contributed by atoms with E-state index in [9.17, 15) is 4.79 Å².